The zero-order chi connectivity index (χ0) is 18.9. The number of rotatable bonds is 3. The van der Waals surface area contributed by atoms with Gasteiger partial charge in [0.1, 0.15) is 11.6 Å². The topological polar surface area (TPSA) is 59.1 Å². The van der Waals surface area contributed by atoms with E-state index in [9.17, 15) is 9.59 Å². The first kappa shape index (κ1) is 18.7. The van der Waals surface area contributed by atoms with Crippen molar-refractivity contribution in [2.45, 2.75) is 63.9 Å². The van der Waals surface area contributed by atoms with Crippen molar-refractivity contribution in [1.82, 2.24) is 9.80 Å². The van der Waals surface area contributed by atoms with Crippen LogP contribution in [0.2, 0.25) is 0 Å². The molecule has 3 rings (SSSR count). The van der Waals surface area contributed by atoms with Crippen molar-refractivity contribution in [3.05, 3.63) is 35.9 Å². The van der Waals surface area contributed by atoms with E-state index in [4.69, 9.17) is 9.47 Å². The molecular formula is C20H28N2O4. The average molecular weight is 360 g/mol. The van der Waals surface area contributed by atoms with Crippen LogP contribution in [0.25, 0.3) is 0 Å². The van der Waals surface area contributed by atoms with Gasteiger partial charge in [-0.1, -0.05) is 30.3 Å². The minimum Gasteiger partial charge on any atom is -0.467 e. The Morgan fingerprint density at radius 2 is 1.85 bits per heavy atom. The maximum atomic E-state index is 12.7. The molecule has 2 fully saturated rings. The second-order valence-electron chi connectivity index (χ2n) is 8.06. The molecule has 0 spiro atoms. The van der Waals surface area contributed by atoms with Crippen LogP contribution >= 0.6 is 0 Å². The van der Waals surface area contributed by atoms with Crippen LogP contribution < -0.4 is 0 Å². The smallest absolute Gasteiger partial charge is 0.411 e. The summed E-state index contributed by atoms with van der Waals surface area (Å²) in [5.41, 5.74) is 0.608. The third-order valence-corrected chi connectivity index (χ3v) is 5.08. The standard InChI is InChI=1S/C20H28N2O4/c1-20(2,3)26-19(24)22-13-15-10-11-16(17(22)18(23)25-4)21(15)12-14-8-6-5-7-9-14/h5-9,15-17H,10-13H2,1-4H3/t15-,16+,17+/m1/s1. The number of carbonyl (C=O) groups is 2. The highest BCUT2D eigenvalue weighted by Crippen LogP contribution is 2.36. The third-order valence-electron chi connectivity index (χ3n) is 5.08. The molecule has 142 valence electrons. The lowest BCUT2D eigenvalue weighted by atomic mass is 10.0. The fourth-order valence-electron chi connectivity index (χ4n) is 4.00. The molecule has 0 aromatic heterocycles. The van der Waals surface area contributed by atoms with E-state index in [-0.39, 0.29) is 18.1 Å². The lowest BCUT2D eigenvalue weighted by molar-refractivity contribution is -0.152. The molecule has 0 N–H and O–H groups in total. The van der Waals surface area contributed by atoms with E-state index in [1.165, 1.54) is 12.7 Å². The van der Waals surface area contributed by atoms with E-state index < -0.39 is 17.7 Å². The maximum Gasteiger partial charge on any atom is 0.411 e. The fourth-order valence-corrected chi connectivity index (χ4v) is 4.00. The number of piperazine rings is 1. The van der Waals surface area contributed by atoms with Gasteiger partial charge in [-0.2, -0.15) is 0 Å². The van der Waals surface area contributed by atoms with Gasteiger partial charge >= 0.3 is 12.1 Å². The summed E-state index contributed by atoms with van der Waals surface area (Å²) in [7, 11) is 1.37. The number of likely N-dealkylation sites (tertiary alicyclic amines) is 1. The molecule has 0 saturated carbocycles. The summed E-state index contributed by atoms with van der Waals surface area (Å²) in [6, 6.07) is 9.77. The van der Waals surface area contributed by atoms with Gasteiger partial charge < -0.3 is 9.47 Å². The molecule has 3 atom stereocenters. The minimum absolute atomic E-state index is 0.0473. The molecule has 2 aliphatic heterocycles. The van der Waals surface area contributed by atoms with Gasteiger partial charge in [-0.25, -0.2) is 9.59 Å². The van der Waals surface area contributed by atoms with Crippen LogP contribution in [0.1, 0.15) is 39.2 Å². The molecule has 1 amide bonds. The zero-order valence-corrected chi connectivity index (χ0v) is 16.0. The van der Waals surface area contributed by atoms with Gasteiger partial charge in [0.2, 0.25) is 0 Å². The van der Waals surface area contributed by atoms with Crippen molar-refractivity contribution in [3.8, 4) is 0 Å². The number of hydrogen-bond acceptors (Lipinski definition) is 5. The number of hydrogen-bond donors (Lipinski definition) is 0. The van der Waals surface area contributed by atoms with Gasteiger partial charge in [-0.15, -0.1) is 0 Å². The first-order chi connectivity index (χ1) is 12.3. The van der Waals surface area contributed by atoms with E-state index in [0.29, 0.717) is 6.54 Å². The monoisotopic (exact) mass is 360 g/mol. The normalized spacial score (nSPS) is 25.8. The minimum atomic E-state index is -0.627. The van der Waals surface area contributed by atoms with Gasteiger partial charge in [-0.3, -0.25) is 9.80 Å². The molecule has 6 nitrogen and oxygen atoms in total. The average Bonchev–Trinajstić information content (AvgIpc) is 2.85. The van der Waals surface area contributed by atoms with Crippen LogP contribution in [0.3, 0.4) is 0 Å². The number of ether oxygens (including phenoxy) is 2. The first-order valence-electron chi connectivity index (χ1n) is 9.17. The number of fused-ring (bicyclic) bond motifs is 2. The number of amides is 1. The predicted molar refractivity (Wildman–Crippen MR) is 97.5 cm³/mol. The van der Waals surface area contributed by atoms with Gasteiger partial charge in [-0.05, 0) is 39.2 Å². The summed E-state index contributed by atoms with van der Waals surface area (Å²) in [5.74, 6) is -0.376. The highest BCUT2D eigenvalue weighted by atomic mass is 16.6. The molecule has 26 heavy (non-hydrogen) atoms. The molecule has 6 heteroatoms. The number of methoxy groups -OCH3 is 1. The van der Waals surface area contributed by atoms with Crippen LogP contribution in [0.4, 0.5) is 4.79 Å². The third kappa shape index (κ3) is 3.85. The Morgan fingerprint density at radius 3 is 2.46 bits per heavy atom. The molecule has 2 aliphatic rings. The van der Waals surface area contributed by atoms with Crippen molar-refractivity contribution in [2.24, 2.45) is 0 Å². The van der Waals surface area contributed by atoms with Crippen LogP contribution in [0.5, 0.6) is 0 Å². The quantitative estimate of drug-likeness (QED) is 0.776. The number of esters is 1. The number of carbonyl (C=O) groups excluding carboxylic acids is 2. The van der Waals surface area contributed by atoms with Crippen molar-refractivity contribution in [3.63, 3.8) is 0 Å². The second kappa shape index (κ2) is 7.27. The maximum absolute atomic E-state index is 12.7. The highest BCUT2D eigenvalue weighted by Gasteiger charge is 2.52. The summed E-state index contributed by atoms with van der Waals surface area (Å²) < 4.78 is 10.6. The first-order valence-corrected chi connectivity index (χ1v) is 9.17. The summed E-state index contributed by atoms with van der Waals surface area (Å²) >= 11 is 0. The molecule has 1 aromatic carbocycles. The highest BCUT2D eigenvalue weighted by molar-refractivity contribution is 5.83. The molecule has 0 radical (unpaired) electrons. The molecule has 2 bridgehead atoms. The van der Waals surface area contributed by atoms with E-state index in [1.807, 2.05) is 39.0 Å². The van der Waals surface area contributed by atoms with Crippen molar-refractivity contribution < 1.29 is 19.1 Å². The van der Waals surface area contributed by atoms with Gasteiger partial charge in [0.25, 0.3) is 0 Å². The molecule has 2 saturated heterocycles. The Hall–Kier alpha value is -2.08. The van der Waals surface area contributed by atoms with E-state index in [1.54, 1.807) is 4.90 Å². The molecule has 2 heterocycles. The predicted octanol–water partition coefficient (Wildman–Crippen LogP) is 2.81. The van der Waals surface area contributed by atoms with E-state index in [0.717, 1.165) is 19.4 Å². The Labute approximate surface area is 155 Å². The zero-order valence-electron chi connectivity index (χ0n) is 16.0. The largest absolute Gasteiger partial charge is 0.467 e. The van der Waals surface area contributed by atoms with E-state index >= 15 is 0 Å². The fraction of sp³-hybridized carbons (Fsp3) is 0.600. The van der Waals surface area contributed by atoms with Crippen molar-refractivity contribution in [2.75, 3.05) is 13.7 Å². The summed E-state index contributed by atoms with van der Waals surface area (Å²) in [6.45, 7) is 6.75. The number of benzene rings is 1. The summed E-state index contributed by atoms with van der Waals surface area (Å²) in [5, 5.41) is 0. The molecular weight excluding hydrogens is 332 g/mol. The van der Waals surface area contributed by atoms with Gasteiger partial charge in [0.05, 0.1) is 7.11 Å². The Balaban J connectivity index is 1.83. The van der Waals surface area contributed by atoms with Gasteiger partial charge in [0.15, 0.2) is 0 Å². The second-order valence-corrected chi connectivity index (χ2v) is 8.06. The van der Waals surface area contributed by atoms with E-state index in [2.05, 4.69) is 17.0 Å². The Bertz CT molecular complexity index is 656. The lowest BCUT2D eigenvalue weighted by Gasteiger charge is -2.45. The SMILES string of the molecule is COC(=O)[C@@H]1[C@@H]2CC[C@H](CN1C(=O)OC(C)(C)C)N2Cc1ccccc1. The Kier molecular flexibility index (Phi) is 5.23. The molecule has 0 aliphatic carbocycles. The summed E-state index contributed by atoms with van der Waals surface area (Å²) in [6.07, 6.45) is 1.39. The summed E-state index contributed by atoms with van der Waals surface area (Å²) in [4.78, 5) is 29.2. The number of nitrogens with zero attached hydrogens (tertiary/aromatic N) is 2. The lowest BCUT2D eigenvalue weighted by Crippen LogP contribution is -2.64. The Morgan fingerprint density at radius 1 is 1.15 bits per heavy atom. The van der Waals surface area contributed by atoms with Crippen LogP contribution in [0.15, 0.2) is 30.3 Å². The van der Waals surface area contributed by atoms with Crippen LogP contribution in [-0.4, -0.2) is 59.2 Å². The van der Waals surface area contributed by atoms with Crippen LogP contribution in [0, 0.1) is 0 Å². The molecule has 0 unspecified atom stereocenters. The van der Waals surface area contributed by atoms with Crippen molar-refractivity contribution >= 4 is 12.1 Å². The molecule has 1 aromatic rings. The van der Waals surface area contributed by atoms with Crippen LogP contribution in [-0.2, 0) is 20.8 Å². The van der Waals surface area contributed by atoms with Gasteiger partial charge in [0, 0.05) is 25.2 Å². The van der Waals surface area contributed by atoms with Crippen molar-refractivity contribution in [1.29, 1.82) is 0 Å².